The van der Waals surface area contributed by atoms with E-state index in [1.54, 1.807) is 33.1 Å². The highest BCUT2D eigenvalue weighted by molar-refractivity contribution is 5.75. The van der Waals surface area contributed by atoms with E-state index in [9.17, 15) is 4.79 Å². The molecule has 0 amide bonds. The second kappa shape index (κ2) is 17.1. The van der Waals surface area contributed by atoms with Crippen molar-refractivity contribution >= 4 is 5.97 Å². The van der Waals surface area contributed by atoms with Gasteiger partial charge in [-0.25, -0.2) is 0 Å². The molecule has 0 aliphatic carbocycles. The Morgan fingerprint density at radius 1 is 0.760 bits per heavy atom. The number of carbonyl (C=O) groups is 1. The third-order valence-electron chi connectivity index (χ3n) is 8.76. The Labute approximate surface area is 294 Å². The Morgan fingerprint density at radius 2 is 1.34 bits per heavy atom. The van der Waals surface area contributed by atoms with Crippen LogP contribution in [-0.4, -0.2) is 74.5 Å². The minimum Gasteiger partial charge on any atom is -0.493 e. The molecule has 2 saturated heterocycles. The average Bonchev–Trinajstić information content (AvgIpc) is 3.12. The van der Waals surface area contributed by atoms with Gasteiger partial charge in [0.2, 0.25) is 0 Å². The topological polar surface area (TPSA) is 100 Å². The van der Waals surface area contributed by atoms with Crippen molar-refractivity contribution in [2.45, 2.75) is 103 Å². The van der Waals surface area contributed by atoms with E-state index in [1.165, 1.54) is 0 Å². The number of carbonyl (C=O) groups excluding carboxylic acids is 1. The third-order valence-corrected chi connectivity index (χ3v) is 8.76. The molecule has 3 aromatic rings. The van der Waals surface area contributed by atoms with E-state index in [0.29, 0.717) is 13.2 Å². The molecule has 6 rings (SSSR count). The maximum absolute atomic E-state index is 13.6. The van der Waals surface area contributed by atoms with Gasteiger partial charge in [0, 0.05) is 0 Å². The molecule has 0 saturated carbocycles. The molecule has 3 aromatic carbocycles. The highest BCUT2D eigenvalue weighted by atomic mass is 16.8. The number of hydrogen-bond acceptors (Lipinski definition) is 10. The highest BCUT2D eigenvalue weighted by Crippen LogP contribution is 2.35. The van der Waals surface area contributed by atoms with Gasteiger partial charge in [-0.2, -0.15) is 0 Å². The predicted molar refractivity (Wildman–Crippen MR) is 183 cm³/mol. The lowest BCUT2D eigenvalue weighted by molar-refractivity contribution is -0.344. The summed E-state index contributed by atoms with van der Waals surface area (Å²) in [6, 6.07) is 29.6. The molecular formula is C40H48O10. The SMILES string of the molecule is CC1OCC2OC=C[C@@H](OC3OC(COCc4ccccc4)[C@H](OCc4ccccc4)[C@H](OCc4ccccc4)C3OC(=O)C(C)(C)C)[C@H]2O1. The molecule has 5 unspecified atom stereocenters. The smallest absolute Gasteiger partial charge is 0.311 e. The second-order valence-electron chi connectivity index (χ2n) is 13.8. The van der Waals surface area contributed by atoms with Crippen LogP contribution in [0.3, 0.4) is 0 Å². The minimum absolute atomic E-state index is 0.163. The summed E-state index contributed by atoms with van der Waals surface area (Å²) in [6.45, 7) is 8.65. The van der Waals surface area contributed by atoms with Crippen LogP contribution in [-0.2, 0) is 67.2 Å². The molecule has 10 heteroatoms. The van der Waals surface area contributed by atoms with Gasteiger partial charge in [0.15, 0.2) is 24.8 Å². The molecule has 2 fully saturated rings. The first-order valence-electron chi connectivity index (χ1n) is 17.3. The van der Waals surface area contributed by atoms with Gasteiger partial charge in [-0.05, 0) is 50.5 Å². The van der Waals surface area contributed by atoms with E-state index in [0.717, 1.165) is 16.7 Å². The van der Waals surface area contributed by atoms with E-state index in [1.807, 2.05) is 97.9 Å². The van der Waals surface area contributed by atoms with Crippen LogP contribution in [0.5, 0.6) is 0 Å². The zero-order chi connectivity index (χ0) is 34.9. The van der Waals surface area contributed by atoms with Crippen molar-refractivity contribution in [3.63, 3.8) is 0 Å². The van der Waals surface area contributed by atoms with Gasteiger partial charge < -0.3 is 42.6 Å². The van der Waals surface area contributed by atoms with E-state index in [2.05, 4.69) is 0 Å². The highest BCUT2D eigenvalue weighted by Gasteiger charge is 2.53. The Morgan fingerprint density at radius 3 is 1.94 bits per heavy atom. The molecule has 50 heavy (non-hydrogen) atoms. The van der Waals surface area contributed by atoms with Crippen LogP contribution in [0.4, 0.5) is 0 Å². The molecule has 0 aromatic heterocycles. The number of rotatable bonds is 13. The number of fused-ring (bicyclic) bond motifs is 1. The van der Waals surface area contributed by atoms with Crippen LogP contribution >= 0.6 is 0 Å². The van der Waals surface area contributed by atoms with Crippen molar-refractivity contribution in [2.75, 3.05) is 13.2 Å². The first-order valence-corrected chi connectivity index (χ1v) is 17.3. The molecular weight excluding hydrogens is 640 g/mol. The van der Waals surface area contributed by atoms with Crippen molar-refractivity contribution in [3.05, 3.63) is 120 Å². The Bertz CT molecular complexity index is 1490. The summed E-state index contributed by atoms with van der Waals surface area (Å²) in [5.41, 5.74) is 2.14. The van der Waals surface area contributed by atoms with Gasteiger partial charge in [0.1, 0.15) is 30.5 Å². The summed E-state index contributed by atoms with van der Waals surface area (Å²) in [5, 5.41) is 0. The Hall–Kier alpha value is -3.61. The zero-order valence-corrected chi connectivity index (χ0v) is 29.1. The summed E-state index contributed by atoms with van der Waals surface area (Å²) >= 11 is 0. The third kappa shape index (κ3) is 9.58. The second-order valence-corrected chi connectivity index (χ2v) is 13.8. The standard InChI is InChI=1S/C40H48O10/c1-27-44-26-32-34(47-27)31(20-21-43-32)48-38-37(50-39(41)40(2,3)4)36(46-24-30-18-12-7-13-19-30)35(45-23-29-16-10-6-11-17-29)33(49-38)25-42-22-28-14-8-5-9-15-28/h5-21,27,31-38H,22-26H2,1-4H3/t27?,31-,32?,33?,34-,35+,36+,37?,38?/m1/s1. The maximum atomic E-state index is 13.6. The fraction of sp³-hybridized carbons (Fsp3) is 0.475. The summed E-state index contributed by atoms with van der Waals surface area (Å²) < 4.78 is 57.1. The Kier molecular flexibility index (Phi) is 12.4. The average molecular weight is 689 g/mol. The lowest BCUT2D eigenvalue weighted by atomic mass is 9.95. The normalized spacial score (nSPS) is 29.5. The number of ether oxygens (including phenoxy) is 9. The number of hydrogen-bond donors (Lipinski definition) is 0. The quantitative estimate of drug-likeness (QED) is 0.196. The van der Waals surface area contributed by atoms with Crippen molar-refractivity contribution in [1.82, 2.24) is 0 Å². The van der Waals surface area contributed by atoms with Crippen LogP contribution in [0.1, 0.15) is 44.4 Å². The van der Waals surface area contributed by atoms with Gasteiger partial charge in [-0.15, -0.1) is 0 Å². The first kappa shape index (κ1) is 36.2. The van der Waals surface area contributed by atoms with Crippen LogP contribution in [0.2, 0.25) is 0 Å². The minimum atomic E-state index is -1.07. The molecule has 9 atom stereocenters. The summed E-state index contributed by atoms with van der Waals surface area (Å²) in [7, 11) is 0. The molecule has 3 aliphatic heterocycles. The molecule has 0 N–H and O–H groups in total. The fourth-order valence-electron chi connectivity index (χ4n) is 6.03. The monoisotopic (exact) mass is 688 g/mol. The summed E-state index contributed by atoms with van der Waals surface area (Å²) in [6.07, 6.45) is -2.78. The molecule has 3 heterocycles. The van der Waals surface area contributed by atoms with Crippen molar-refractivity contribution in [2.24, 2.45) is 5.41 Å². The van der Waals surface area contributed by atoms with Crippen molar-refractivity contribution < 1.29 is 47.4 Å². The van der Waals surface area contributed by atoms with E-state index < -0.39 is 60.6 Å². The lowest BCUT2D eigenvalue weighted by Crippen LogP contribution is -2.64. The summed E-state index contributed by atoms with van der Waals surface area (Å²) in [4.78, 5) is 13.6. The van der Waals surface area contributed by atoms with E-state index in [-0.39, 0.29) is 25.9 Å². The van der Waals surface area contributed by atoms with E-state index in [4.69, 9.17) is 42.6 Å². The first-order chi connectivity index (χ1) is 24.2. The van der Waals surface area contributed by atoms with Crippen molar-refractivity contribution in [3.8, 4) is 0 Å². The van der Waals surface area contributed by atoms with Gasteiger partial charge >= 0.3 is 5.97 Å². The molecule has 0 radical (unpaired) electrons. The zero-order valence-electron chi connectivity index (χ0n) is 29.1. The fourth-order valence-corrected chi connectivity index (χ4v) is 6.03. The molecule has 3 aliphatic rings. The molecule has 0 bridgehead atoms. The largest absolute Gasteiger partial charge is 0.493 e. The number of benzene rings is 3. The number of esters is 1. The van der Waals surface area contributed by atoms with Crippen LogP contribution in [0.25, 0.3) is 0 Å². The molecule has 268 valence electrons. The molecule has 0 spiro atoms. The van der Waals surface area contributed by atoms with Crippen LogP contribution < -0.4 is 0 Å². The maximum Gasteiger partial charge on any atom is 0.311 e. The van der Waals surface area contributed by atoms with E-state index >= 15 is 0 Å². The molecule has 10 nitrogen and oxygen atoms in total. The van der Waals surface area contributed by atoms with Crippen molar-refractivity contribution in [1.29, 1.82) is 0 Å². The van der Waals surface area contributed by atoms with Crippen LogP contribution in [0.15, 0.2) is 103 Å². The van der Waals surface area contributed by atoms with Gasteiger partial charge in [-0.3, -0.25) is 4.79 Å². The summed E-state index contributed by atoms with van der Waals surface area (Å²) in [5.74, 6) is -0.426. The van der Waals surface area contributed by atoms with Gasteiger partial charge in [-0.1, -0.05) is 91.0 Å². The van der Waals surface area contributed by atoms with Gasteiger partial charge in [0.25, 0.3) is 0 Å². The Balaban J connectivity index is 1.33. The van der Waals surface area contributed by atoms with Gasteiger partial charge in [0.05, 0.1) is 44.7 Å². The van der Waals surface area contributed by atoms with Crippen LogP contribution in [0, 0.1) is 5.41 Å². The predicted octanol–water partition coefficient (Wildman–Crippen LogP) is 6.12. The lowest BCUT2D eigenvalue weighted by Gasteiger charge is -2.47.